The van der Waals surface area contributed by atoms with Crippen molar-refractivity contribution in [2.24, 2.45) is 0 Å². The lowest BCUT2D eigenvalue weighted by Gasteiger charge is -2.11. The predicted octanol–water partition coefficient (Wildman–Crippen LogP) is 3.48. The topological polar surface area (TPSA) is 61.2 Å². The zero-order valence-electron chi connectivity index (χ0n) is 13.4. The number of fused-ring (bicyclic) bond motifs is 1. The fourth-order valence-electron chi connectivity index (χ4n) is 2.48. The number of esters is 1. The Morgan fingerprint density at radius 3 is 2.35 bits per heavy atom. The first kappa shape index (κ1) is 17.7. The van der Waals surface area contributed by atoms with Gasteiger partial charge in [0.25, 0.3) is 0 Å². The van der Waals surface area contributed by atoms with Crippen LogP contribution in [0.4, 0.5) is 13.2 Å². The molecule has 2 aromatic carbocycles. The van der Waals surface area contributed by atoms with Gasteiger partial charge in [-0.15, -0.1) is 0 Å². The third-order valence-corrected chi connectivity index (χ3v) is 3.66. The summed E-state index contributed by atoms with van der Waals surface area (Å²) in [6, 6.07) is 14.1. The van der Waals surface area contributed by atoms with Crippen molar-refractivity contribution in [2.45, 2.75) is 12.7 Å². The van der Waals surface area contributed by atoms with Gasteiger partial charge in [-0.25, -0.2) is 4.98 Å². The molecule has 0 spiro atoms. The van der Waals surface area contributed by atoms with Crippen LogP contribution in [0.15, 0.2) is 54.6 Å². The molecular formula is C18H13F3N2O3. The first-order valence-electron chi connectivity index (χ1n) is 7.62. The van der Waals surface area contributed by atoms with Crippen LogP contribution in [0, 0.1) is 0 Å². The fraction of sp³-hybridized carbons (Fsp3) is 0.167. The molecule has 26 heavy (non-hydrogen) atoms. The molecule has 0 aliphatic carbocycles. The lowest BCUT2D eigenvalue weighted by Crippen LogP contribution is -2.22. The summed E-state index contributed by atoms with van der Waals surface area (Å²) in [6.07, 6.45) is -4.72. The van der Waals surface area contributed by atoms with Gasteiger partial charge in [-0.3, -0.25) is 9.59 Å². The third-order valence-electron chi connectivity index (χ3n) is 3.66. The van der Waals surface area contributed by atoms with E-state index in [1.54, 1.807) is 42.5 Å². The number of benzene rings is 2. The summed E-state index contributed by atoms with van der Waals surface area (Å²) in [5.74, 6) is -2.58. The van der Waals surface area contributed by atoms with Crippen LogP contribution in [0.5, 0.6) is 0 Å². The molecule has 0 atom stereocenters. The average molecular weight is 362 g/mol. The molecule has 8 heteroatoms. The van der Waals surface area contributed by atoms with Crippen LogP contribution in [0.1, 0.15) is 16.2 Å². The largest absolute Gasteiger partial charge is 0.456 e. The summed E-state index contributed by atoms with van der Waals surface area (Å²) >= 11 is 0. The second-order valence-electron chi connectivity index (χ2n) is 5.46. The molecule has 0 saturated carbocycles. The highest BCUT2D eigenvalue weighted by atomic mass is 19.4. The second-order valence-corrected chi connectivity index (χ2v) is 5.46. The summed E-state index contributed by atoms with van der Waals surface area (Å²) in [6.45, 7) is -1.24. The quantitative estimate of drug-likeness (QED) is 0.515. The Kier molecular flexibility index (Phi) is 4.75. The highest BCUT2D eigenvalue weighted by molar-refractivity contribution is 5.97. The van der Waals surface area contributed by atoms with Crippen LogP contribution in [-0.2, 0) is 22.3 Å². The Morgan fingerprint density at radius 1 is 1.00 bits per heavy atom. The third kappa shape index (κ3) is 3.74. The maximum Gasteiger partial charge on any atom is 0.449 e. The number of rotatable bonds is 5. The number of carbonyl (C=O) groups is 2. The van der Waals surface area contributed by atoms with Crippen molar-refractivity contribution in [2.75, 3.05) is 6.61 Å². The van der Waals surface area contributed by atoms with E-state index in [1.807, 2.05) is 0 Å². The summed E-state index contributed by atoms with van der Waals surface area (Å²) in [4.78, 5) is 27.4. The van der Waals surface area contributed by atoms with E-state index >= 15 is 0 Å². The van der Waals surface area contributed by atoms with Gasteiger partial charge in [0.05, 0.1) is 11.0 Å². The van der Waals surface area contributed by atoms with Gasteiger partial charge in [-0.1, -0.05) is 42.5 Å². The predicted molar refractivity (Wildman–Crippen MR) is 86.5 cm³/mol. The monoisotopic (exact) mass is 362 g/mol. The molecule has 0 N–H and O–H groups in total. The van der Waals surface area contributed by atoms with Crippen molar-refractivity contribution in [1.82, 2.24) is 9.55 Å². The van der Waals surface area contributed by atoms with Crippen molar-refractivity contribution < 1.29 is 27.5 Å². The van der Waals surface area contributed by atoms with Crippen LogP contribution in [0.3, 0.4) is 0 Å². The van der Waals surface area contributed by atoms with Gasteiger partial charge >= 0.3 is 12.1 Å². The van der Waals surface area contributed by atoms with Crippen molar-refractivity contribution in [3.05, 3.63) is 66.0 Å². The van der Waals surface area contributed by atoms with Gasteiger partial charge in [-0.2, -0.15) is 13.2 Å². The lowest BCUT2D eigenvalue weighted by molar-refractivity contribution is -0.150. The number of Topliss-reactive ketones (excluding diaryl/α,β-unsaturated/α-hetero) is 1. The molecule has 0 amide bonds. The average Bonchev–Trinajstić information content (AvgIpc) is 2.99. The number of nitrogens with zero attached hydrogens (tertiary/aromatic N) is 2. The Hall–Kier alpha value is -3.16. The highest BCUT2D eigenvalue weighted by Gasteiger charge is 2.38. The van der Waals surface area contributed by atoms with E-state index in [1.165, 1.54) is 12.1 Å². The molecule has 0 saturated heterocycles. The SMILES string of the molecule is O=C(Cn1c(C(F)(F)F)nc2ccccc21)OCC(=O)c1ccccc1. The van der Waals surface area contributed by atoms with E-state index in [-0.39, 0.29) is 11.0 Å². The number of carbonyl (C=O) groups excluding carboxylic acids is 2. The molecule has 0 unspecified atom stereocenters. The van der Waals surface area contributed by atoms with Crippen LogP contribution < -0.4 is 0 Å². The van der Waals surface area contributed by atoms with Crippen molar-refractivity contribution >= 4 is 22.8 Å². The molecule has 0 bridgehead atoms. The molecule has 3 aromatic rings. The van der Waals surface area contributed by atoms with Crippen LogP contribution >= 0.6 is 0 Å². The summed E-state index contributed by atoms with van der Waals surface area (Å²) in [5.41, 5.74) is 0.628. The minimum absolute atomic E-state index is 0.119. The van der Waals surface area contributed by atoms with Gasteiger partial charge in [0, 0.05) is 5.56 Å². The van der Waals surface area contributed by atoms with E-state index in [4.69, 9.17) is 4.74 Å². The fourth-order valence-corrected chi connectivity index (χ4v) is 2.48. The Bertz CT molecular complexity index is 949. The van der Waals surface area contributed by atoms with Gasteiger partial charge in [0.2, 0.25) is 5.82 Å². The molecule has 0 aliphatic heterocycles. The van der Waals surface area contributed by atoms with Gasteiger partial charge in [0.15, 0.2) is 12.4 Å². The number of ether oxygens (including phenoxy) is 1. The number of imidazole rings is 1. The van der Waals surface area contributed by atoms with Crippen LogP contribution in [-0.4, -0.2) is 27.9 Å². The number of aromatic nitrogens is 2. The van der Waals surface area contributed by atoms with Crippen molar-refractivity contribution in [3.63, 3.8) is 0 Å². The number of ketones is 1. The van der Waals surface area contributed by atoms with Crippen molar-refractivity contribution in [3.8, 4) is 0 Å². The summed E-state index contributed by atoms with van der Waals surface area (Å²) < 4.78 is 45.1. The second kappa shape index (κ2) is 6.99. The molecule has 134 valence electrons. The standard InChI is InChI=1S/C18H13F3N2O3/c19-18(20,21)17-22-13-8-4-5-9-14(13)23(17)10-16(25)26-11-15(24)12-6-2-1-3-7-12/h1-9H,10-11H2. The zero-order valence-corrected chi connectivity index (χ0v) is 13.4. The van der Waals surface area contributed by atoms with E-state index in [0.717, 1.165) is 4.57 Å². The van der Waals surface area contributed by atoms with Gasteiger partial charge < -0.3 is 9.30 Å². The van der Waals surface area contributed by atoms with E-state index in [0.29, 0.717) is 5.56 Å². The van der Waals surface area contributed by atoms with Crippen molar-refractivity contribution in [1.29, 1.82) is 0 Å². The summed E-state index contributed by atoms with van der Waals surface area (Å²) in [7, 11) is 0. The Morgan fingerprint density at radius 2 is 1.65 bits per heavy atom. The molecule has 0 fully saturated rings. The minimum Gasteiger partial charge on any atom is -0.456 e. The normalized spacial score (nSPS) is 11.5. The zero-order chi connectivity index (χ0) is 18.7. The van der Waals surface area contributed by atoms with Gasteiger partial charge in [0.1, 0.15) is 6.54 Å². The maximum absolute atomic E-state index is 13.2. The molecule has 3 rings (SSSR count). The number of hydrogen-bond acceptors (Lipinski definition) is 4. The van der Waals surface area contributed by atoms with E-state index in [2.05, 4.69) is 4.98 Å². The smallest absolute Gasteiger partial charge is 0.449 e. The first-order chi connectivity index (χ1) is 12.4. The van der Waals surface area contributed by atoms with Crippen LogP contribution in [0.2, 0.25) is 0 Å². The number of alkyl halides is 3. The van der Waals surface area contributed by atoms with E-state index in [9.17, 15) is 22.8 Å². The molecule has 1 heterocycles. The number of halogens is 3. The molecule has 0 aliphatic rings. The minimum atomic E-state index is -4.72. The molecule has 1 aromatic heterocycles. The number of para-hydroxylation sites is 2. The Balaban J connectivity index is 1.76. The molecule has 5 nitrogen and oxygen atoms in total. The van der Waals surface area contributed by atoms with Crippen LogP contribution in [0.25, 0.3) is 11.0 Å². The van der Waals surface area contributed by atoms with Gasteiger partial charge in [-0.05, 0) is 12.1 Å². The number of hydrogen-bond donors (Lipinski definition) is 0. The summed E-state index contributed by atoms with van der Waals surface area (Å²) in [5, 5.41) is 0. The van der Waals surface area contributed by atoms with E-state index < -0.39 is 36.9 Å². The highest BCUT2D eigenvalue weighted by Crippen LogP contribution is 2.31. The molecular weight excluding hydrogens is 349 g/mol. The first-order valence-corrected chi connectivity index (χ1v) is 7.62. The maximum atomic E-state index is 13.2. The Labute approximate surface area is 146 Å². The lowest BCUT2D eigenvalue weighted by atomic mass is 10.1. The molecule has 0 radical (unpaired) electrons.